The fourth-order valence-corrected chi connectivity index (χ4v) is 2.49. The van der Waals surface area contributed by atoms with Crippen molar-refractivity contribution in [3.8, 4) is 0 Å². The second-order valence-electron chi connectivity index (χ2n) is 4.46. The first-order valence-electron chi connectivity index (χ1n) is 6.11. The third kappa shape index (κ3) is 1.80. The van der Waals surface area contributed by atoms with Gasteiger partial charge in [-0.1, -0.05) is 36.5 Å². The second kappa shape index (κ2) is 4.21. The molecule has 1 unspecified atom stereocenters. The Kier molecular flexibility index (Phi) is 2.56. The van der Waals surface area contributed by atoms with Crippen molar-refractivity contribution in [3.63, 3.8) is 0 Å². The second-order valence-corrected chi connectivity index (χ2v) is 4.46. The number of hydrogen-bond acceptors (Lipinski definition) is 1. The maximum atomic E-state index is 4.65. The zero-order valence-corrected chi connectivity index (χ0v) is 10.0. The number of fused-ring (bicyclic) bond motifs is 1. The molecule has 0 aromatic carbocycles. The molecule has 0 amide bonds. The van der Waals surface area contributed by atoms with Crippen molar-refractivity contribution < 1.29 is 0 Å². The molecular weight excluding hydrogens is 208 g/mol. The summed E-state index contributed by atoms with van der Waals surface area (Å²) in [7, 11) is 0. The summed E-state index contributed by atoms with van der Waals surface area (Å²) in [5.74, 6) is 1.09. The summed E-state index contributed by atoms with van der Waals surface area (Å²) in [6.45, 7) is 2.09. The molecule has 1 aromatic heterocycles. The van der Waals surface area contributed by atoms with Gasteiger partial charge in [0.2, 0.25) is 0 Å². The highest BCUT2D eigenvalue weighted by Gasteiger charge is 2.17. The maximum Gasteiger partial charge on any atom is 0.107 e. The van der Waals surface area contributed by atoms with Crippen LogP contribution in [0.2, 0.25) is 0 Å². The molecule has 0 spiro atoms. The largest absolute Gasteiger partial charge is 0.321 e. The van der Waals surface area contributed by atoms with Gasteiger partial charge in [-0.05, 0) is 31.9 Å². The van der Waals surface area contributed by atoms with E-state index >= 15 is 0 Å². The first-order valence-corrected chi connectivity index (χ1v) is 6.11. The van der Waals surface area contributed by atoms with E-state index in [9.17, 15) is 0 Å². The molecule has 2 heteroatoms. The SMILES string of the molecule is Cc1nc2c(n1C1C=CC=CC1)C=CCC=C2. The summed E-state index contributed by atoms with van der Waals surface area (Å²) in [5.41, 5.74) is 2.33. The number of allylic oxidation sites excluding steroid dienone is 6. The van der Waals surface area contributed by atoms with Crippen molar-refractivity contribution in [2.45, 2.75) is 25.8 Å². The van der Waals surface area contributed by atoms with Crippen LogP contribution >= 0.6 is 0 Å². The molecule has 2 aliphatic carbocycles. The first kappa shape index (κ1) is 10.3. The Balaban J connectivity index is 2.10. The van der Waals surface area contributed by atoms with Crippen LogP contribution in [0.15, 0.2) is 36.5 Å². The van der Waals surface area contributed by atoms with Gasteiger partial charge >= 0.3 is 0 Å². The molecule has 1 aromatic rings. The molecule has 2 nitrogen and oxygen atoms in total. The number of aryl methyl sites for hydroxylation is 1. The Bertz CT molecular complexity index is 542. The van der Waals surface area contributed by atoms with Gasteiger partial charge in [-0.15, -0.1) is 0 Å². The van der Waals surface area contributed by atoms with E-state index in [1.54, 1.807) is 0 Å². The molecule has 0 saturated heterocycles. The van der Waals surface area contributed by atoms with Gasteiger partial charge in [0.1, 0.15) is 5.82 Å². The molecule has 2 aliphatic rings. The van der Waals surface area contributed by atoms with E-state index in [4.69, 9.17) is 0 Å². The van der Waals surface area contributed by atoms with Crippen LogP contribution in [0.1, 0.15) is 36.1 Å². The standard InChI is InChI=1S/C15H16N2/c1-12-16-14-10-6-3-7-11-15(14)17(12)13-8-4-2-5-9-13/h2,4-8,10-11,13H,3,9H2,1H3. The van der Waals surface area contributed by atoms with Crippen LogP contribution in [-0.2, 0) is 0 Å². The van der Waals surface area contributed by atoms with Gasteiger partial charge < -0.3 is 4.57 Å². The highest BCUT2D eigenvalue weighted by molar-refractivity contribution is 5.63. The zero-order chi connectivity index (χ0) is 11.7. The van der Waals surface area contributed by atoms with Crippen molar-refractivity contribution in [2.24, 2.45) is 0 Å². The average Bonchev–Trinajstić information content (AvgIpc) is 2.52. The summed E-state index contributed by atoms with van der Waals surface area (Å²) in [4.78, 5) is 4.65. The number of aromatic nitrogens is 2. The van der Waals surface area contributed by atoms with Gasteiger partial charge in [-0.3, -0.25) is 0 Å². The number of rotatable bonds is 1. The summed E-state index contributed by atoms with van der Waals surface area (Å²) >= 11 is 0. The van der Waals surface area contributed by atoms with Crippen LogP contribution in [0.5, 0.6) is 0 Å². The fourth-order valence-electron chi connectivity index (χ4n) is 2.49. The summed E-state index contributed by atoms with van der Waals surface area (Å²) in [6, 6.07) is 0.410. The van der Waals surface area contributed by atoms with Crippen LogP contribution < -0.4 is 0 Å². The smallest absolute Gasteiger partial charge is 0.107 e. The number of imidazole rings is 1. The minimum Gasteiger partial charge on any atom is -0.321 e. The number of hydrogen-bond donors (Lipinski definition) is 0. The third-order valence-electron chi connectivity index (χ3n) is 3.27. The van der Waals surface area contributed by atoms with Crippen LogP contribution in [-0.4, -0.2) is 9.55 Å². The molecule has 0 fully saturated rings. The summed E-state index contributed by atoms with van der Waals surface area (Å²) < 4.78 is 2.33. The van der Waals surface area contributed by atoms with E-state index in [2.05, 4.69) is 65.1 Å². The quantitative estimate of drug-likeness (QED) is 0.711. The monoisotopic (exact) mass is 224 g/mol. The predicted molar refractivity (Wildman–Crippen MR) is 71.6 cm³/mol. The van der Waals surface area contributed by atoms with E-state index < -0.39 is 0 Å². The Labute approximate surface area is 102 Å². The maximum absolute atomic E-state index is 4.65. The molecule has 0 radical (unpaired) electrons. The lowest BCUT2D eigenvalue weighted by atomic mass is 10.1. The normalized spacial score (nSPS) is 21.6. The Morgan fingerprint density at radius 1 is 1.18 bits per heavy atom. The summed E-state index contributed by atoms with van der Waals surface area (Å²) in [5, 5.41) is 0. The Hall–Kier alpha value is -1.83. The van der Waals surface area contributed by atoms with Crippen molar-refractivity contribution in [1.29, 1.82) is 0 Å². The van der Waals surface area contributed by atoms with Gasteiger partial charge in [0, 0.05) is 0 Å². The van der Waals surface area contributed by atoms with Gasteiger partial charge in [-0.25, -0.2) is 4.98 Å². The Morgan fingerprint density at radius 2 is 2.06 bits per heavy atom. The van der Waals surface area contributed by atoms with Gasteiger partial charge in [0.25, 0.3) is 0 Å². The fraction of sp³-hybridized carbons (Fsp3) is 0.267. The molecule has 0 N–H and O–H groups in total. The van der Waals surface area contributed by atoms with Crippen molar-refractivity contribution in [3.05, 3.63) is 53.7 Å². The van der Waals surface area contributed by atoms with E-state index in [1.807, 2.05) is 0 Å². The highest BCUT2D eigenvalue weighted by Crippen LogP contribution is 2.27. The van der Waals surface area contributed by atoms with Crippen LogP contribution in [0, 0.1) is 6.92 Å². The number of nitrogens with zero attached hydrogens (tertiary/aromatic N) is 2. The van der Waals surface area contributed by atoms with E-state index in [0.717, 1.165) is 24.4 Å². The summed E-state index contributed by atoms with van der Waals surface area (Å²) in [6.07, 6.45) is 19.4. The van der Waals surface area contributed by atoms with Crippen molar-refractivity contribution in [1.82, 2.24) is 9.55 Å². The minimum absolute atomic E-state index is 0.410. The molecule has 17 heavy (non-hydrogen) atoms. The van der Waals surface area contributed by atoms with E-state index in [-0.39, 0.29) is 0 Å². The molecule has 3 rings (SSSR count). The molecule has 0 saturated carbocycles. The molecule has 86 valence electrons. The average molecular weight is 224 g/mol. The lowest BCUT2D eigenvalue weighted by Crippen LogP contribution is -2.10. The first-order chi connectivity index (χ1) is 8.36. The topological polar surface area (TPSA) is 17.8 Å². The lowest BCUT2D eigenvalue weighted by Gasteiger charge is -2.18. The molecule has 1 atom stereocenters. The predicted octanol–water partition coefficient (Wildman–Crippen LogP) is 3.68. The molecule has 1 heterocycles. The van der Waals surface area contributed by atoms with Gasteiger partial charge in [0.05, 0.1) is 17.4 Å². The Morgan fingerprint density at radius 3 is 2.88 bits per heavy atom. The minimum atomic E-state index is 0.410. The molecular formula is C15H16N2. The zero-order valence-electron chi connectivity index (χ0n) is 10.0. The van der Waals surface area contributed by atoms with Crippen molar-refractivity contribution >= 4 is 12.2 Å². The van der Waals surface area contributed by atoms with E-state index in [1.165, 1.54) is 5.69 Å². The molecule has 0 aliphatic heterocycles. The molecule has 0 bridgehead atoms. The van der Waals surface area contributed by atoms with Crippen molar-refractivity contribution in [2.75, 3.05) is 0 Å². The van der Waals surface area contributed by atoms with Gasteiger partial charge in [-0.2, -0.15) is 0 Å². The van der Waals surface area contributed by atoms with Crippen LogP contribution in [0.3, 0.4) is 0 Å². The lowest BCUT2D eigenvalue weighted by molar-refractivity contribution is 0.586. The third-order valence-corrected chi connectivity index (χ3v) is 3.27. The highest BCUT2D eigenvalue weighted by atomic mass is 15.1. The van der Waals surface area contributed by atoms with Crippen LogP contribution in [0.25, 0.3) is 12.2 Å². The van der Waals surface area contributed by atoms with E-state index in [0.29, 0.717) is 6.04 Å². The van der Waals surface area contributed by atoms with Crippen LogP contribution in [0.4, 0.5) is 0 Å². The van der Waals surface area contributed by atoms with Gasteiger partial charge in [0.15, 0.2) is 0 Å².